The molecular formula is C14H27NO2. The largest absolute Gasteiger partial charge is 0.378 e. The fourth-order valence-electron chi connectivity index (χ4n) is 2.42. The Balaban J connectivity index is 2.25. The van der Waals surface area contributed by atoms with Crippen LogP contribution >= 0.6 is 0 Å². The van der Waals surface area contributed by atoms with Gasteiger partial charge in [0.2, 0.25) is 5.91 Å². The van der Waals surface area contributed by atoms with Gasteiger partial charge in [-0.2, -0.15) is 0 Å². The van der Waals surface area contributed by atoms with Crippen molar-refractivity contribution in [2.45, 2.75) is 65.0 Å². The maximum atomic E-state index is 12.0. The van der Waals surface area contributed by atoms with Crippen LogP contribution in [0.25, 0.3) is 0 Å². The van der Waals surface area contributed by atoms with Crippen LogP contribution in [0.1, 0.15) is 52.9 Å². The van der Waals surface area contributed by atoms with Gasteiger partial charge in [-0.05, 0) is 38.5 Å². The molecule has 1 fully saturated rings. The fourth-order valence-corrected chi connectivity index (χ4v) is 2.42. The average Bonchev–Trinajstić information content (AvgIpc) is 2.76. The summed E-state index contributed by atoms with van der Waals surface area (Å²) in [5.41, 5.74) is 0. The molecule has 1 aliphatic rings. The molecule has 1 amide bonds. The molecule has 100 valence electrons. The van der Waals surface area contributed by atoms with E-state index in [0.717, 1.165) is 32.3 Å². The van der Waals surface area contributed by atoms with Gasteiger partial charge in [0.25, 0.3) is 0 Å². The van der Waals surface area contributed by atoms with E-state index in [1.54, 1.807) is 0 Å². The van der Waals surface area contributed by atoms with Gasteiger partial charge in [0, 0.05) is 26.1 Å². The topological polar surface area (TPSA) is 29.5 Å². The maximum Gasteiger partial charge on any atom is 0.222 e. The van der Waals surface area contributed by atoms with E-state index in [4.69, 9.17) is 4.74 Å². The van der Waals surface area contributed by atoms with Gasteiger partial charge < -0.3 is 9.64 Å². The van der Waals surface area contributed by atoms with Crippen molar-refractivity contribution in [1.29, 1.82) is 0 Å². The third-order valence-corrected chi connectivity index (χ3v) is 3.57. The number of rotatable bonds is 6. The molecule has 1 aliphatic heterocycles. The first-order valence-corrected chi connectivity index (χ1v) is 6.88. The van der Waals surface area contributed by atoms with Crippen LogP contribution in [-0.2, 0) is 9.53 Å². The van der Waals surface area contributed by atoms with E-state index in [9.17, 15) is 4.79 Å². The predicted octanol–water partition coefficient (Wildman–Crippen LogP) is 2.84. The number of carbonyl (C=O) groups excluding carboxylic acids is 1. The quantitative estimate of drug-likeness (QED) is 0.715. The molecule has 0 aromatic heterocycles. The highest BCUT2D eigenvalue weighted by Gasteiger charge is 2.20. The molecule has 17 heavy (non-hydrogen) atoms. The predicted molar refractivity (Wildman–Crippen MR) is 69.9 cm³/mol. The highest BCUT2D eigenvalue weighted by Crippen LogP contribution is 2.18. The van der Waals surface area contributed by atoms with Gasteiger partial charge in [-0.15, -0.1) is 0 Å². The number of nitrogens with zero attached hydrogens (tertiary/aromatic N) is 1. The first kappa shape index (κ1) is 14.5. The molecule has 0 aromatic rings. The van der Waals surface area contributed by atoms with Crippen LogP contribution in [-0.4, -0.2) is 36.6 Å². The van der Waals surface area contributed by atoms with Gasteiger partial charge in [-0.25, -0.2) is 0 Å². The second-order valence-corrected chi connectivity index (χ2v) is 5.66. The monoisotopic (exact) mass is 241 g/mol. The molecule has 3 nitrogen and oxygen atoms in total. The minimum Gasteiger partial charge on any atom is -0.378 e. The van der Waals surface area contributed by atoms with E-state index in [1.165, 1.54) is 0 Å². The highest BCUT2D eigenvalue weighted by molar-refractivity contribution is 5.76. The maximum absolute atomic E-state index is 12.0. The van der Waals surface area contributed by atoms with Crippen LogP contribution in [0.15, 0.2) is 0 Å². The second kappa shape index (κ2) is 7.00. The van der Waals surface area contributed by atoms with E-state index in [1.807, 2.05) is 11.9 Å². The summed E-state index contributed by atoms with van der Waals surface area (Å²) in [7, 11) is 1.92. The zero-order valence-corrected chi connectivity index (χ0v) is 11.7. The summed E-state index contributed by atoms with van der Waals surface area (Å²) in [6.45, 7) is 7.39. The van der Waals surface area contributed by atoms with E-state index in [0.29, 0.717) is 24.5 Å². The third-order valence-electron chi connectivity index (χ3n) is 3.57. The van der Waals surface area contributed by atoms with Gasteiger partial charge in [-0.3, -0.25) is 4.79 Å². The fraction of sp³-hybridized carbons (Fsp3) is 0.929. The summed E-state index contributed by atoms with van der Waals surface area (Å²) in [4.78, 5) is 13.9. The third kappa shape index (κ3) is 5.07. The zero-order valence-electron chi connectivity index (χ0n) is 11.7. The lowest BCUT2D eigenvalue weighted by molar-refractivity contribution is -0.132. The van der Waals surface area contributed by atoms with Gasteiger partial charge in [-0.1, -0.05) is 13.8 Å². The summed E-state index contributed by atoms with van der Waals surface area (Å²) >= 11 is 0. The Kier molecular flexibility index (Phi) is 5.96. The lowest BCUT2D eigenvalue weighted by Gasteiger charge is -2.26. The van der Waals surface area contributed by atoms with Crippen LogP contribution in [0.5, 0.6) is 0 Å². The standard InChI is InChI=1S/C14H27NO2/c1-11(2)10-12(3)15(4)14(16)8-7-13-6-5-9-17-13/h11-13H,5-10H2,1-4H3/t12-,13-/m0/s1. The summed E-state index contributed by atoms with van der Waals surface area (Å²) in [6, 6.07) is 0.340. The van der Waals surface area contributed by atoms with Crippen molar-refractivity contribution >= 4 is 5.91 Å². The van der Waals surface area contributed by atoms with Gasteiger partial charge in [0.05, 0.1) is 6.10 Å². The van der Waals surface area contributed by atoms with Crippen molar-refractivity contribution in [1.82, 2.24) is 4.90 Å². The number of amides is 1. The SMILES string of the molecule is CC(C)C[C@H](C)N(C)C(=O)CC[C@@H]1CCCO1. The Labute approximate surface area is 106 Å². The second-order valence-electron chi connectivity index (χ2n) is 5.66. The highest BCUT2D eigenvalue weighted by atomic mass is 16.5. The molecule has 2 atom stereocenters. The van der Waals surface area contributed by atoms with E-state index < -0.39 is 0 Å². The number of hydrogen-bond donors (Lipinski definition) is 0. The molecule has 1 heterocycles. The molecular weight excluding hydrogens is 214 g/mol. The molecule has 0 N–H and O–H groups in total. The van der Waals surface area contributed by atoms with Crippen molar-refractivity contribution in [2.24, 2.45) is 5.92 Å². The van der Waals surface area contributed by atoms with Gasteiger partial charge in [0.1, 0.15) is 0 Å². The van der Waals surface area contributed by atoms with Crippen molar-refractivity contribution < 1.29 is 9.53 Å². The molecule has 0 aliphatic carbocycles. The lowest BCUT2D eigenvalue weighted by Crippen LogP contribution is -2.36. The number of carbonyl (C=O) groups is 1. The Bertz CT molecular complexity index is 234. The van der Waals surface area contributed by atoms with Crippen molar-refractivity contribution in [2.75, 3.05) is 13.7 Å². The average molecular weight is 241 g/mol. The summed E-state index contributed by atoms with van der Waals surface area (Å²) in [5.74, 6) is 0.895. The van der Waals surface area contributed by atoms with Gasteiger partial charge in [0.15, 0.2) is 0 Å². The molecule has 1 rings (SSSR count). The van der Waals surface area contributed by atoms with E-state index >= 15 is 0 Å². The molecule has 0 spiro atoms. The molecule has 0 unspecified atom stereocenters. The normalized spacial score (nSPS) is 21.8. The van der Waals surface area contributed by atoms with E-state index in [-0.39, 0.29) is 5.91 Å². The molecule has 0 radical (unpaired) electrons. The molecule has 0 bridgehead atoms. The van der Waals surface area contributed by atoms with Crippen molar-refractivity contribution in [3.8, 4) is 0 Å². The van der Waals surface area contributed by atoms with Crippen LogP contribution in [0, 0.1) is 5.92 Å². The Morgan fingerprint density at radius 1 is 1.41 bits per heavy atom. The van der Waals surface area contributed by atoms with E-state index in [2.05, 4.69) is 20.8 Å². The van der Waals surface area contributed by atoms with Crippen molar-refractivity contribution in [3.05, 3.63) is 0 Å². The molecule has 1 saturated heterocycles. The van der Waals surface area contributed by atoms with Crippen LogP contribution in [0.3, 0.4) is 0 Å². The molecule has 0 aromatic carbocycles. The Hall–Kier alpha value is -0.570. The molecule has 0 saturated carbocycles. The minimum atomic E-state index is 0.258. The number of ether oxygens (including phenoxy) is 1. The Morgan fingerprint density at radius 2 is 2.12 bits per heavy atom. The van der Waals surface area contributed by atoms with Crippen LogP contribution < -0.4 is 0 Å². The first-order valence-electron chi connectivity index (χ1n) is 6.88. The zero-order chi connectivity index (χ0) is 12.8. The van der Waals surface area contributed by atoms with Crippen LogP contribution in [0.2, 0.25) is 0 Å². The summed E-state index contributed by atoms with van der Waals surface area (Å²) in [6.07, 6.45) is 5.19. The van der Waals surface area contributed by atoms with Crippen LogP contribution in [0.4, 0.5) is 0 Å². The lowest BCUT2D eigenvalue weighted by atomic mass is 10.0. The minimum absolute atomic E-state index is 0.258. The molecule has 3 heteroatoms. The summed E-state index contributed by atoms with van der Waals surface area (Å²) < 4.78 is 5.54. The number of hydrogen-bond acceptors (Lipinski definition) is 2. The summed E-state index contributed by atoms with van der Waals surface area (Å²) in [5, 5.41) is 0. The first-order chi connectivity index (χ1) is 8.00. The Morgan fingerprint density at radius 3 is 2.65 bits per heavy atom. The smallest absolute Gasteiger partial charge is 0.222 e. The van der Waals surface area contributed by atoms with Gasteiger partial charge >= 0.3 is 0 Å². The van der Waals surface area contributed by atoms with Crippen molar-refractivity contribution in [3.63, 3.8) is 0 Å².